The van der Waals surface area contributed by atoms with Crippen molar-refractivity contribution in [2.45, 2.75) is 16.5 Å². The van der Waals surface area contributed by atoms with E-state index in [-0.39, 0.29) is 0 Å². The van der Waals surface area contributed by atoms with Crippen molar-refractivity contribution in [3.8, 4) is 17.1 Å². The number of hydrogen-bond acceptors (Lipinski definition) is 5. The Morgan fingerprint density at radius 1 is 0.917 bits per heavy atom. The van der Waals surface area contributed by atoms with Crippen LogP contribution in [-0.2, 0) is 11.3 Å². The normalized spacial score (nSPS) is 10.6. The molecule has 0 radical (unpaired) electrons. The van der Waals surface area contributed by atoms with E-state index >= 15 is 0 Å². The first-order valence-corrected chi connectivity index (χ1v) is 8.34. The van der Waals surface area contributed by atoms with E-state index in [1.807, 2.05) is 60.7 Å². The fourth-order valence-electron chi connectivity index (χ4n) is 2.23. The molecule has 0 fully saturated rings. The quantitative estimate of drug-likeness (QED) is 0.621. The van der Waals surface area contributed by atoms with Gasteiger partial charge in [-0.3, -0.25) is 0 Å². The zero-order chi connectivity index (χ0) is 16.8. The molecule has 5 heteroatoms. The maximum Gasteiger partial charge on any atom is 0.160 e. The van der Waals surface area contributed by atoms with Gasteiger partial charge in [0, 0.05) is 17.6 Å². The summed E-state index contributed by atoms with van der Waals surface area (Å²) in [5.41, 5.74) is 1.86. The van der Waals surface area contributed by atoms with Gasteiger partial charge in [0.25, 0.3) is 0 Å². The number of methoxy groups -OCH3 is 2. The summed E-state index contributed by atoms with van der Waals surface area (Å²) < 4.78 is 10.4. The van der Waals surface area contributed by atoms with Gasteiger partial charge in [0.15, 0.2) is 5.82 Å². The predicted octanol–water partition coefficient (Wildman–Crippen LogP) is 4.45. The zero-order valence-corrected chi connectivity index (χ0v) is 14.4. The third kappa shape index (κ3) is 4.13. The van der Waals surface area contributed by atoms with E-state index < -0.39 is 0 Å². The highest BCUT2D eigenvalue weighted by Gasteiger charge is 2.08. The molecule has 0 aliphatic carbocycles. The molecule has 0 amide bonds. The Bertz CT molecular complexity index is 792. The smallest absolute Gasteiger partial charge is 0.160 e. The number of rotatable bonds is 6. The lowest BCUT2D eigenvalue weighted by Crippen LogP contribution is -1.98. The molecule has 4 nitrogen and oxygen atoms in total. The van der Waals surface area contributed by atoms with Crippen LogP contribution in [0.25, 0.3) is 11.4 Å². The topological polar surface area (TPSA) is 44.2 Å². The van der Waals surface area contributed by atoms with E-state index in [4.69, 9.17) is 9.47 Å². The minimum Gasteiger partial charge on any atom is -0.497 e. The average Bonchev–Trinajstić information content (AvgIpc) is 2.63. The van der Waals surface area contributed by atoms with Gasteiger partial charge in [-0.15, -0.1) is 0 Å². The van der Waals surface area contributed by atoms with Crippen molar-refractivity contribution < 1.29 is 9.47 Å². The zero-order valence-electron chi connectivity index (χ0n) is 13.6. The molecule has 1 aromatic heterocycles. The summed E-state index contributed by atoms with van der Waals surface area (Å²) in [4.78, 5) is 10.4. The van der Waals surface area contributed by atoms with Crippen LogP contribution in [0.15, 0.2) is 70.6 Å². The van der Waals surface area contributed by atoms with Crippen LogP contribution in [0.5, 0.6) is 5.75 Å². The van der Waals surface area contributed by atoms with Gasteiger partial charge in [0.1, 0.15) is 10.8 Å². The number of aromatic nitrogens is 2. The third-order valence-electron chi connectivity index (χ3n) is 3.36. The van der Waals surface area contributed by atoms with E-state index in [2.05, 4.69) is 9.97 Å². The minimum absolute atomic E-state index is 0.457. The van der Waals surface area contributed by atoms with Crippen LogP contribution in [0.2, 0.25) is 0 Å². The summed E-state index contributed by atoms with van der Waals surface area (Å²) in [6.45, 7) is 0.457. The maximum absolute atomic E-state index is 5.24. The second kappa shape index (κ2) is 7.95. The summed E-state index contributed by atoms with van der Waals surface area (Å²) in [5, 5.41) is 0.890. The van der Waals surface area contributed by atoms with Crippen LogP contribution >= 0.6 is 11.8 Å². The molecule has 0 aliphatic rings. The highest BCUT2D eigenvalue weighted by molar-refractivity contribution is 7.99. The molecule has 122 valence electrons. The van der Waals surface area contributed by atoms with Gasteiger partial charge in [0.2, 0.25) is 0 Å². The maximum atomic E-state index is 5.24. The average molecular weight is 338 g/mol. The van der Waals surface area contributed by atoms with E-state index in [9.17, 15) is 0 Å². The van der Waals surface area contributed by atoms with Gasteiger partial charge < -0.3 is 9.47 Å². The van der Waals surface area contributed by atoms with Gasteiger partial charge in [-0.25, -0.2) is 9.97 Å². The van der Waals surface area contributed by atoms with Crippen molar-refractivity contribution >= 4 is 11.8 Å². The van der Waals surface area contributed by atoms with Crippen LogP contribution in [-0.4, -0.2) is 24.2 Å². The molecule has 3 rings (SSSR count). The molecule has 0 unspecified atom stereocenters. The molecular formula is C19H18N2O2S. The Morgan fingerprint density at radius 3 is 2.33 bits per heavy atom. The number of nitrogens with zero attached hydrogens (tertiary/aromatic N) is 2. The molecule has 0 saturated heterocycles. The lowest BCUT2D eigenvalue weighted by Gasteiger charge is -2.08. The molecule has 0 N–H and O–H groups in total. The molecule has 1 heterocycles. The predicted molar refractivity (Wildman–Crippen MR) is 95.3 cm³/mol. The fraction of sp³-hybridized carbons (Fsp3) is 0.158. The molecule has 3 aromatic rings. The molecule has 0 atom stereocenters. The van der Waals surface area contributed by atoms with Gasteiger partial charge in [-0.05, 0) is 30.3 Å². The first kappa shape index (κ1) is 16.5. The summed E-state index contributed by atoms with van der Waals surface area (Å²) in [7, 11) is 3.33. The summed E-state index contributed by atoms with van der Waals surface area (Å²) >= 11 is 1.59. The molecule has 0 aliphatic heterocycles. The van der Waals surface area contributed by atoms with Gasteiger partial charge >= 0.3 is 0 Å². The molecular weight excluding hydrogens is 320 g/mol. The van der Waals surface area contributed by atoms with Gasteiger partial charge in [-0.2, -0.15) is 0 Å². The molecule has 0 saturated carbocycles. The minimum atomic E-state index is 0.457. The van der Waals surface area contributed by atoms with E-state index in [1.165, 1.54) is 0 Å². The summed E-state index contributed by atoms with van der Waals surface area (Å²) in [6, 6.07) is 19.8. The number of hydrogen-bond donors (Lipinski definition) is 0. The van der Waals surface area contributed by atoms with E-state index in [1.54, 1.807) is 26.0 Å². The molecule has 2 aromatic carbocycles. The first-order valence-electron chi connectivity index (χ1n) is 7.52. The fourth-order valence-corrected chi connectivity index (χ4v) is 3.07. The second-order valence-electron chi connectivity index (χ2n) is 5.10. The first-order chi connectivity index (χ1) is 11.8. The van der Waals surface area contributed by atoms with Crippen LogP contribution in [0.1, 0.15) is 5.69 Å². The van der Waals surface area contributed by atoms with E-state index in [0.717, 1.165) is 26.9 Å². The largest absolute Gasteiger partial charge is 0.497 e. The van der Waals surface area contributed by atoms with Crippen LogP contribution in [0.4, 0.5) is 0 Å². The monoisotopic (exact) mass is 338 g/mol. The van der Waals surface area contributed by atoms with Crippen molar-refractivity contribution in [1.82, 2.24) is 9.97 Å². The Balaban J connectivity index is 1.92. The van der Waals surface area contributed by atoms with Crippen molar-refractivity contribution in [2.75, 3.05) is 14.2 Å². The Hall–Kier alpha value is -2.37. The Labute approximate surface area is 145 Å². The van der Waals surface area contributed by atoms with Crippen molar-refractivity contribution in [1.29, 1.82) is 0 Å². The lowest BCUT2D eigenvalue weighted by atomic mass is 10.2. The van der Waals surface area contributed by atoms with Crippen LogP contribution < -0.4 is 4.74 Å². The highest BCUT2D eigenvalue weighted by Crippen LogP contribution is 2.29. The number of benzene rings is 2. The molecule has 0 bridgehead atoms. The van der Waals surface area contributed by atoms with Gasteiger partial charge in [0.05, 0.1) is 19.4 Å². The SMILES string of the molecule is COCc1cc(Sc2ccc(OC)cc2)nc(-c2ccccc2)n1. The third-order valence-corrected chi connectivity index (χ3v) is 4.29. The summed E-state index contributed by atoms with van der Waals surface area (Å²) in [6.07, 6.45) is 0. The van der Waals surface area contributed by atoms with Crippen molar-refractivity contribution in [3.05, 3.63) is 66.4 Å². The van der Waals surface area contributed by atoms with Crippen molar-refractivity contribution in [2.24, 2.45) is 0 Å². The van der Waals surface area contributed by atoms with Crippen LogP contribution in [0, 0.1) is 0 Å². The Morgan fingerprint density at radius 2 is 1.67 bits per heavy atom. The van der Waals surface area contributed by atoms with Gasteiger partial charge in [-0.1, -0.05) is 42.1 Å². The highest BCUT2D eigenvalue weighted by atomic mass is 32.2. The van der Waals surface area contributed by atoms with Crippen molar-refractivity contribution in [3.63, 3.8) is 0 Å². The second-order valence-corrected chi connectivity index (χ2v) is 6.19. The molecule has 24 heavy (non-hydrogen) atoms. The summed E-state index contributed by atoms with van der Waals surface area (Å²) in [5.74, 6) is 1.55. The standard InChI is InChI=1S/C19H18N2O2S/c1-22-13-15-12-18(24-17-10-8-16(23-2)9-11-17)21-19(20-15)14-6-4-3-5-7-14/h3-12H,13H2,1-2H3. The lowest BCUT2D eigenvalue weighted by molar-refractivity contribution is 0.181. The number of ether oxygens (including phenoxy) is 2. The molecule has 0 spiro atoms. The van der Waals surface area contributed by atoms with E-state index in [0.29, 0.717) is 12.4 Å². The Kier molecular flexibility index (Phi) is 5.46. The van der Waals surface area contributed by atoms with Crippen LogP contribution in [0.3, 0.4) is 0 Å².